The van der Waals surface area contributed by atoms with Crippen molar-refractivity contribution in [1.82, 2.24) is 10.2 Å². The lowest BCUT2D eigenvalue weighted by atomic mass is 10.3. The number of ether oxygens (including phenoxy) is 1. The Morgan fingerprint density at radius 3 is 2.52 bits per heavy atom. The number of hydrogen-bond acceptors (Lipinski definition) is 5. The van der Waals surface area contributed by atoms with Crippen molar-refractivity contribution in [3.63, 3.8) is 0 Å². The molecule has 0 aliphatic rings. The summed E-state index contributed by atoms with van der Waals surface area (Å²) in [5, 5.41) is 13.8. The summed E-state index contributed by atoms with van der Waals surface area (Å²) < 4.78 is 5.25. The van der Waals surface area contributed by atoms with E-state index < -0.39 is 0 Å². The topological polar surface area (TPSA) is 76.1 Å². The Kier molecular flexibility index (Phi) is 5.09. The summed E-state index contributed by atoms with van der Waals surface area (Å²) in [5.74, 6) is 1.68. The number of para-hydroxylation sites is 2. The van der Waals surface area contributed by atoms with Gasteiger partial charge in [-0.25, -0.2) is 0 Å². The summed E-state index contributed by atoms with van der Waals surface area (Å²) in [6, 6.07) is 11.0. The molecule has 2 aromatic rings. The maximum absolute atomic E-state index is 11.5. The largest absolute Gasteiger partial charge is 0.495 e. The number of amides is 1. The second-order valence-electron chi connectivity index (χ2n) is 4.43. The fourth-order valence-corrected chi connectivity index (χ4v) is 1.78. The van der Waals surface area contributed by atoms with Gasteiger partial charge >= 0.3 is 0 Å². The Hall–Kier alpha value is -2.63. The molecule has 0 saturated carbocycles. The highest BCUT2D eigenvalue weighted by atomic mass is 16.5. The second-order valence-corrected chi connectivity index (χ2v) is 4.43. The lowest BCUT2D eigenvalue weighted by Crippen LogP contribution is -2.12. The fourth-order valence-electron chi connectivity index (χ4n) is 1.78. The summed E-state index contributed by atoms with van der Waals surface area (Å²) in [6.07, 6.45) is 1.27. The Bertz CT molecular complexity index is 599. The molecule has 0 fully saturated rings. The van der Waals surface area contributed by atoms with Crippen LogP contribution in [0.3, 0.4) is 0 Å². The third-order valence-corrected chi connectivity index (χ3v) is 2.78. The maximum Gasteiger partial charge on any atom is 0.225 e. The molecular formula is C15H18N4O2. The summed E-state index contributed by atoms with van der Waals surface area (Å²) in [7, 11) is 1.61. The second kappa shape index (κ2) is 7.23. The highest BCUT2D eigenvalue weighted by Gasteiger charge is 2.05. The van der Waals surface area contributed by atoms with E-state index >= 15 is 0 Å². The highest BCUT2D eigenvalue weighted by molar-refractivity contribution is 5.89. The zero-order valence-electron chi connectivity index (χ0n) is 12.1. The molecule has 21 heavy (non-hydrogen) atoms. The van der Waals surface area contributed by atoms with Crippen molar-refractivity contribution in [3.8, 4) is 5.75 Å². The van der Waals surface area contributed by atoms with Gasteiger partial charge in [0, 0.05) is 6.42 Å². The van der Waals surface area contributed by atoms with Crippen molar-refractivity contribution >= 4 is 23.2 Å². The van der Waals surface area contributed by atoms with Gasteiger partial charge in [0.05, 0.1) is 12.8 Å². The molecule has 0 spiro atoms. The Balaban J connectivity index is 2.04. The zero-order chi connectivity index (χ0) is 15.1. The molecule has 0 aliphatic carbocycles. The van der Waals surface area contributed by atoms with Crippen LogP contribution in [0, 0.1) is 0 Å². The van der Waals surface area contributed by atoms with Gasteiger partial charge < -0.3 is 15.4 Å². The number of nitrogens with zero attached hydrogens (tertiary/aromatic N) is 2. The zero-order valence-corrected chi connectivity index (χ0v) is 12.1. The first-order valence-electron chi connectivity index (χ1n) is 6.76. The van der Waals surface area contributed by atoms with Crippen molar-refractivity contribution in [1.29, 1.82) is 0 Å². The van der Waals surface area contributed by atoms with E-state index in [-0.39, 0.29) is 5.91 Å². The van der Waals surface area contributed by atoms with Crippen molar-refractivity contribution in [2.45, 2.75) is 19.8 Å². The average Bonchev–Trinajstić information content (AvgIpc) is 2.50. The first kappa shape index (κ1) is 14.8. The molecule has 1 amide bonds. The minimum Gasteiger partial charge on any atom is -0.495 e. The van der Waals surface area contributed by atoms with Gasteiger partial charge in [-0.2, -0.15) is 0 Å². The number of benzene rings is 1. The van der Waals surface area contributed by atoms with Gasteiger partial charge in [-0.1, -0.05) is 19.1 Å². The standard InChI is InChI=1S/C15H18N4O2/c1-3-6-15(20)17-14-10-9-13(18-19-14)16-11-7-4-5-8-12(11)21-2/h4-5,7-10H,3,6H2,1-2H3,(H,16,18)(H,17,19,20). The van der Waals surface area contributed by atoms with Gasteiger partial charge in [-0.3, -0.25) is 4.79 Å². The maximum atomic E-state index is 11.5. The molecule has 2 N–H and O–H groups in total. The van der Waals surface area contributed by atoms with Gasteiger partial charge in [0.25, 0.3) is 0 Å². The summed E-state index contributed by atoms with van der Waals surface area (Å²) in [6.45, 7) is 1.95. The summed E-state index contributed by atoms with van der Waals surface area (Å²) >= 11 is 0. The fraction of sp³-hybridized carbons (Fsp3) is 0.267. The molecule has 0 atom stereocenters. The molecule has 6 nitrogen and oxygen atoms in total. The number of carbonyl (C=O) groups is 1. The van der Waals surface area contributed by atoms with Crippen LogP contribution in [0.1, 0.15) is 19.8 Å². The molecule has 0 radical (unpaired) electrons. The van der Waals surface area contributed by atoms with Crippen molar-refractivity contribution < 1.29 is 9.53 Å². The third kappa shape index (κ3) is 4.17. The van der Waals surface area contributed by atoms with Crippen molar-refractivity contribution in [2.24, 2.45) is 0 Å². The molecule has 1 aromatic carbocycles. The van der Waals surface area contributed by atoms with Crippen LogP contribution in [0.4, 0.5) is 17.3 Å². The molecule has 2 rings (SSSR count). The first-order chi connectivity index (χ1) is 10.2. The van der Waals surface area contributed by atoms with Crippen LogP contribution >= 0.6 is 0 Å². The average molecular weight is 286 g/mol. The van der Waals surface area contributed by atoms with Gasteiger partial charge in [-0.15, -0.1) is 10.2 Å². The predicted octanol–water partition coefficient (Wildman–Crippen LogP) is 2.97. The molecule has 1 heterocycles. The quantitative estimate of drug-likeness (QED) is 0.853. The van der Waals surface area contributed by atoms with Crippen molar-refractivity contribution in [3.05, 3.63) is 36.4 Å². The lowest BCUT2D eigenvalue weighted by Gasteiger charge is -2.10. The van der Waals surface area contributed by atoms with Gasteiger partial charge in [0.1, 0.15) is 5.75 Å². The molecule has 110 valence electrons. The minimum absolute atomic E-state index is 0.0581. The number of rotatable bonds is 6. The minimum atomic E-state index is -0.0581. The Morgan fingerprint density at radius 1 is 1.14 bits per heavy atom. The molecule has 0 bridgehead atoms. The van der Waals surface area contributed by atoms with Gasteiger partial charge in [0.15, 0.2) is 11.6 Å². The smallest absolute Gasteiger partial charge is 0.225 e. The number of nitrogens with one attached hydrogen (secondary N) is 2. The van der Waals surface area contributed by atoms with E-state index in [1.807, 2.05) is 31.2 Å². The van der Waals surface area contributed by atoms with Crippen LogP contribution in [0.2, 0.25) is 0 Å². The molecule has 6 heteroatoms. The van der Waals surface area contributed by atoms with E-state index in [1.165, 1.54) is 0 Å². The van der Waals surface area contributed by atoms with Crippen LogP contribution in [-0.4, -0.2) is 23.2 Å². The van der Waals surface area contributed by atoms with Crippen LogP contribution < -0.4 is 15.4 Å². The molecule has 0 unspecified atom stereocenters. The van der Waals surface area contributed by atoms with E-state index in [0.717, 1.165) is 17.9 Å². The summed E-state index contributed by atoms with van der Waals surface area (Å²) in [4.78, 5) is 11.5. The number of carbonyl (C=O) groups excluding carboxylic acids is 1. The molecule has 1 aromatic heterocycles. The SMILES string of the molecule is CCCC(=O)Nc1ccc(Nc2ccccc2OC)nn1. The Labute approximate surface area is 123 Å². The Morgan fingerprint density at radius 2 is 1.86 bits per heavy atom. The van der Waals surface area contributed by atoms with E-state index in [2.05, 4.69) is 20.8 Å². The van der Waals surface area contributed by atoms with Crippen LogP contribution in [0.25, 0.3) is 0 Å². The van der Waals surface area contributed by atoms with Crippen molar-refractivity contribution in [2.75, 3.05) is 17.7 Å². The number of aromatic nitrogens is 2. The normalized spacial score (nSPS) is 10.0. The summed E-state index contributed by atoms with van der Waals surface area (Å²) in [5.41, 5.74) is 0.803. The number of methoxy groups -OCH3 is 1. The number of hydrogen-bond donors (Lipinski definition) is 2. The van der Waals surface area contributed by atoms with Gasteiger partial charge in [-0.05, 0) is 30.7 Å². The predicted molar refractivity (Wildman–Crippen MR) is 81.8 cm³/mol. The molecule has 0 saturated heterocycles. The first-order valence-corrected chi connectivity index (χ1v) is 6.76. The number of anilines is 3. The van der Waals surface area contributed by atoms with Crippen LogP contribution in [0.5, 0.6) is 5.75 Å². The van der Waals surface area contributed by atoms with E-state index in [4.69, 9.17) is 4.74 Å². The van der Waals surface area contributed by atoms with E-state index in [1.54, 1.807) is 19.2 Å². The third-order valence-electron chi connectivity index (χ3n) is 2.78. The highest BCUT2D eigenvalue weighted by Crippen LogP contribution is 2.25. The molecular weight excluding hydrogens is 268 g/mol. The lowest BCUT2D eigenvalue weighted by molar-refractivity contribution is -0.116. The molecule has 0 aliphatic heterocycles. The monoisotopic (exact) mass is 286 g/mol. The van der Waals surface area contributed by atoms with E-state index in [0.29, 0.717) is 18.1 Å². The van der Waals surface area contributed by atoms with E-state index in [9.17, 15) is 4.79 Å². The van der Waals surface area contributed by atoms with Crippen LogP contribution in [-0.2, 0) is 4.79 Å². The van der Waals surface area contributed by atoms with Gasteiger partial charge in [0.2, 0.25) is 5.91 Å². The van der Waals surface area contributed by atoms with Crippen LogP contribution in [0.15, 0.2) is 36.4 Å².